The van der Waals surface area contributed by atoms with Crippen LogP contribution in [0.2, 0.25) is 0 Å². The van der Waals surface area contributed by atoms with Crippen molar-refractivity contribution in [1.82, 2.24) is 15.0 Å². The molecule has 0 amide bonds. The van der Waals surface area contributed by atoms with Gasteiger partial charge in [0.15, 0.2) is 0 Å². The van der Waals surface area contributed by atoms with Gasteiger partial charge in [0, 0.05) is 19.5 Å². The van der Waals surface area contributed by atoms with Gasteiger partial charge in [-0.25, -0.2) is 0 Å². The van der Waals surface area contributed by atoms with Gasteiger partial charge in [-0.1, -0.05) is 12.2 Å². The molecule has 4 N–H and O–H groups in total. The van der Waals surface area contributed by atoms with Crippen LogP contribution in [0, 0.1) is 0 Å². The minimum atomic E-state index is 0.00921. The molecule has 0 saturated carbocycles. The standard InChI is InChI=1S/C11H19N5O2/c1-2-3-4-9-14-10(12-5-7-17)16-11(15-9)13-6-8-18/h2-3,17-18H,4-8H2,1H3,(H2,12,13,14,15,16). The van der Waals surface area contributed by atoms with Gasteiger partial charge in [-0.15, -0.1) is 0 Å². The summed E-state index contributed by atoms with van der Waals surface area (Å²) in [5, 5.41) is 23.3. The van der Waals surface area contributed by atoms with E-state index in [0.717, 1.165) is 0 Å². The first kappa shape index (κ1) is 14.3. The van der Waals surface area contributed by atoms with Crippen LogP contribution in [0.5, 0.6) is 0 Å². The number of aromatic nitrogens is 3. The second-order valence-corrected chi connectivity index (χ2v) is 3.47. The van der Waals surface area contributed by atoms with E-state index in [9.17, 15) is 0 Å². The summed E-state index contributed by atoms with van der Waals surface area (Å²) in [6.45, 7) is 2.71. The maximum Gasteiger partial charge on any atom is 0.227 e. The minimum Gasteiger partial charge on any atom is -0.395 e. The molecule has 1 aromatic heterocycles. The zero-order valence-electron chi connectivity index (χ0n) is 10.4. The number of hydrogen-bond acceptors (Lipinski definition) is 7. The highest BCUT2D eigenvalue weighted by Crippen LogP contribution is 2.06. The molecule has 0 fully saturated rings. The predicted molar refractivity (Wildman–Crippen MR) is 69.5 cm³/mol. The van der Waals surface area contributed by atoms with E-state index in [2.05, 4.69) is 25.6 Å². The lowest BCUT2D eigenvalue weighted by Crippen LogP contribution is -2.15. The van der Waals surface area contributed by atoms with Crippen molar-refractivity contribution >= 4 is 11.9 Å². The van der Waals surface area contributed by atoms with Crippen LogP contribution in [0.1, 0.15) is 12.7 Å². The molecule has 0 unspecified atom stereocenters. The van der Waals surface area contributed by atoms with E-state index in [0.29, 0.717) is 37.2 Å². The molecular weight excluding hydrogens is 234 g/mol. The average molecular weight is 253 g/mol. The van der Waals surface area contributed by atoms with E-state index in [4.69, 9.17) is 10.2 Å². The van der Waals surface area contributed by atoms with Crippen molar-refractivity contribution < 1.29 is 10.2 Å². The SMILES string of the molecule is CC=CCc1nc(NCCO)nc(NCCO)n1. The van der Waals surface area contributed by atoms with Gasteiger partial charge in [-0.3, -0.25) is 0 Å². The summed E-state index contributed by atoms with van der Waals surface area (Å²) < 4.78 is 0. The number of aliphatic hydroxyl groups excluding tert-OH is 2. The van der Waals surface area contributed by atoms with Gasteiger partial charge in [-0.2, -0.15) is 15.0 Å². The number of rotatable bonds is 8. The predicted octanol–water partition coefficient (Wildman–Crippen LogP) is -0.201. The molecule has 1 heterocycles. The fraction of sp³-hybridized carbons (Fsp3) is 0.545. The summed E-state index contributed by atoms with van der Waals surface area (Å²) in [7, 11) is 0. The Bertz CT molecular complexity index is 357. The zero-order chi connectivity index (χ0) is 13.2. The molecule has 7 heteroatoms. The fourth-order valence-corrected chi connectivity index (χ4v) is 1.23. The summed E-state index contributed by atoms with van der Waals surface area (Å²) in [4.78, 5) is 12.6. The normalized spacial score (nSPS) is 10.8. The number of aliphatic hydroxyl groups is 2. The molecule has 0 atom stereocenters. The van der Waals surface area contributed by atoms with Gasteiger partial charge in [0.2, 0.25) is 11.9 Å². The smallest absolute Gasteiger partial charge is 0.227 e. The number of nitrogens with zero attached hydrogens (tertiary/aromatic N) is 3. The van der Waals surface area contributed by atoms with Crippen molar-refractivity contribution in [2.75, 3.05) is 36.9 Å². The molecule has 0 spiro atoms. The highest BCUT2D eigenvalue weighted by molar-refractivity contribution is 5.34. The maximum absolute atomic E-state index is 8.76. The number of hydrogen-bond donors (Lipinski definition) is 4. The van der Waals surface area contributed by atoms with E-state index in [-0.39, 0.29) is 13.2 Å². The summed E-state index contributed by atoms with van der Waals surface area (Å²) in [5.74, 6) is 1.46. The van der Waals surface area contributed by atoms with Crippen molar-refractivity contribution in [1.29, 1.82) is 0 Å². The van der Waals surface area contributed by atoms with Crippen LogP contribution >= 0.6 is 0 Å². The van der Waals surface area contributed by atoms with Crippen LogP contribution in [-0.2, 0) is 6.42 Å². The molecule has 0 saturated heterocycles. The lowest BCUT2D eigenvalue weighted by atomic mass is 10.3. The van der Waals surface area contributed by atoms with Crippen molar-refractivity contribution in [3.63, 3.8) is 0 Å². The van der Waals surface area contributed by atoms with E-state index in [1.54, 1.807) is 0 Å². The van der Waals surface area contributed by atoms with E-state index in [1.165, 1.54) is 0 Å². The Labute approximate surface area is 106 Å². The summed E-state index contributed by atoms with van der Waals surface area (Å²) >= 11 is 0. The molecule has 100 valence electrons. The Morgan fingerprint density at radius 2 is 1.56 bits per heavy atom. The van der Waals surface area contributed by atoms with Gasteiger partial charge in [0.1, 0.15) is 5.82 Å². The number of anilines is 2. The molecule has 0 aliphatic carbocycles. The molecule has 18 heavy (non-hydrogen) atoms. The Morgan fingerprint density at radius 1 is 1.00 bits per heavy atom. The minimum absolute atomic E-state index is 0.00921. The maximum atomic E-state index is 8.76. The van der Waals surface area contributed by atoms with E-state index in [1.807, 2.05) is 19.1 Å². The van der Waals surface area contributed by atoms with Crippen molar-refractivity contribution in [2.24, 2.45) is 0 Å². The molecule has 1 rings (SSSR count). The first-order chi connectivity index (χ1) is 8.80. The third kappa shape index (κ3) is 5.07. The second-order valence-electron chi connectivity index (χ2n) is 3.47. The van der Waals surface area contributed by atoms with Crippen LogP contribution < -0.4 is 10.6 Å². The van der Waals surface area contributed by atoms with Gasteiger partial charge < -0.3 is 20.8 Å². The Hall–Kier alpha value is -1.73. The Kier molecular flexibility index (Phi) is 6.67. The van der Waals surface area contributed by atoms with Crippen molar-refractivity contribution in [2.45, 2.75) is 13.3 Å². The van der Waals surface area contributed by atoms with Crippen LogP contribution in [0.15, 0.2) is 12.2 Å². The zero-order valence-corrected chi connectivity index (χ0v) is 10.4. The monoisotopic (exact) mass is 253 g/mol. The molecular formula is C11H19N5O2. The van der Waals surface area contributed by atoms with Crippen LogP contribution in [0.4, 0.5) is 11.9 Å². The average Bonchev–Trinajstić information content (AvgIpc) is 2.40. The van der Waals surface area contributed by atoms with E-state index >= 15 is 0 Å². The van der Waals surface area contributed by atoms with Gasteiger partial charge in [-0.05, 0) is 6.92 Å². The lowest BCUT2D eigenvalue weighted by molar-refractivity contribution is 0.310. The molecule has 0 aliphatic heterocycles. The van der Waals surface area contributed by atoms with Crippen molar-refractivity contribution in [3.05, 3.63) is 18.0 Å². The number of nitrogens with one attached hydrogen (secondary N) is 2. The van der Waals surface area contributed by atoms with Crippen LogP contribution in [-0.4, -0.2) is 51.5 Å². The highest BCUT2D eigenvalue weighted by Gasteiger charge is 2.04. The molecule has 7 nitrogen and oxygen atoms in total. The Morgan fingerprint density at radius 3 is 2.00 bits per heavy atom. The second kappa shape index (κ2) is 8.37. The number of allylic oxidation sites excluding steroid dienone is 2. The van der Waals surface area contributed by atoms with Crippen LogP contribution in [0.25, 0.3) is 0 Å². The van der Waals surface area contributed by atoms with Gasteiger partial charge >= 0.3 is 0 Å². The summed E-state index contributed by atoms with van der Waals surface area (Å²) in [5.41, 5.74) is 0. The summed E-state index contributed by atoms with van der Waals surface area (Å²) in [6.07, 6.45) is 4.48. The fourth-order valence-electron chi connectivity index (χ4n) is 1.23. The molecule has 1 aromatic rings. The van der Waals surface area contributed by atoms with E-state index < -0.39 is 0 Å². The molecule has 0 aliphatic rings. The van der Waals surface area contributed by atoms with Crippen LogP contribution in [0.3, 0.4) is 0 Å². The third-order valence-electron chi connectivity index (χ3n) is 2.01. The lowest BCUT2D eigenvalue weighted by Gasteiger charge is -2.08. The van der Waals surface area contributed by atoms with Gasteiger partial charge in [0.05, 0.1) is 13.2 Å². The van der Waals surface area contributed by atoms with Crippen molar-refractivity contribution in [3.8, 4) is 0 Å². The van der Waals surface area contributed by atoms with Gasteiger partial charge in [0.25, 0.3) is 0 Å². The largest absolute Gasteiger partial charge is 0.395 e. The molecule has 0 radical (unpaired) electrons. The quantitative estimate of drug-likeness (QED) is 0.476. The molecule has 0 bridgehead atoms. The summed E-state index contributed by atoms with van der Waals surface area (Å²) in [6, 6.07) is 0. The first-order valence-corrected chi connectivity index (χ1v) is 5.85. The first-order valence-electron chi connectivity index (χ1n) is 5.85. The Balaban J connectivity index is 2.80. The topological polar surface area (TPSA) is 103 Å². The third-order valence-corrected chi connectivity index (χ3v) is 2.01. The molecule has 0 aromatic carbocycles. The highest BCUT2D eigenvalue weighted by atomic mass is 16.3.